The van der Waals surface area contributed by atoms with Crippen LogP contribution in [-0.2, 0) is 9.47 Å². The number of aliphatic hydroxyl groups excluding tert-OH is 1. The maximum Gasteiger partial charge on any atom is 0.168 e. The summed E-state index contributed by atoms with van der Waals surface area (Å²) in [5.74, 6) is 0.942. The van der Waals surface area contributed by atoms with Gasteiger partial charge >= 0.3 is 0 Å². The average molecular weight is 226 g/mol. The third-order valence-corrected chi connectivity index (χ3v) is 4.41. The van der Waals surface area contributed by atoms with E-state index < -0.39 is 0 Å². The number of aliphatic hydroxyl groups is 1. The smallest absolute Gasteiger partial charge is 0.168 e. The fourth-order valence-electron chi connectivity index (χ4n) is 3.54. The molecule has 0 bridgehead atoms. The summed E-state index contributed by atoms with van der Waals surface area (Å²) < 4.78 is 12.0. The van der Waals surface area contributed by atoms with Crippen molar-refractivity contribution in [3.8, 4) is 0 Å². The summed E-state index contributed by atoms with van der Waals surface area (Å²) in [6.07, 6.45) is 3.80. The molecule has 0 amide bonds. The van der Waals surface area contributed by atoms with E-state index in [0.29, 0.717) is 11.8 Å². The first-order chi connectivity index (χ1) is 7.48. The Kier molecular flexibility index (Phi) is 2.36. The van der Waals surface area contributed by atoms with Crippen LogP contribution in [0.3, 0.4) is 0 Å². The number of hydrogen-bond acceptors (Lipinski definition) is 3. The van der Waals surface area contributed by atoms with Crippen LogP contribution in [-0.4, -0.2) is 30.2 Å². The molecule has 1 aliphatic heterocycles. The predicted octanol–water partition coefficient (Wildman–Crippen LogP) is 1.94. The third kappa shape index (κ3) is 1.79. The van der Waals surface area contributed by atoms with Crippen molar-refractivity contribution in [2.24, 2.45) is 17.3 Å². The Bertz CT molecular complexity index is 261. The largest absolute Gasteiger partial charge is 0.393 e. The van der Waals surface area contributed by atoms with Gasteiger partial charge in [0.05, 0.1) is 19.3 Å². The van der Waals surface area contributed by atoms with Gasteiger partial charge in [0.25, 0.3) is 0 Å². The Morgan fingerprint density at radius 1 is 1.00 bits per heavy atom. The lowest BCUT2D eigenvalue weighted by Gasteiger charge is -2.42. The lowest BCUT2D eigenvalue weighted by Crippen LogP contribution is -2.46. The van der Waals surface area contributed by atoms with Crippen LogP contribution in [0.1, 0.15) is 39.5 Å². The zero-order chi connectivity index (χ0) is 11.4. The monoisotopic (exact) mass is 226 g/mol. The Hall–Kier alpha value is -0.120. The fraction of sp³-hybridized carbons (Fsp3) is 1.00. The lowest BCUT2D eigenvalue weighted by atomic mass is 9.94. The highest BCUT2D eigenvalue weighted by Gasteiger charge is 2.53. The second-order valence-corrected chi connectivity index (χ2v) is 6.71. The van der Waals surface area contributed by atoms with Gasteiger partial charge in [-0.05, 0) is 24.7 Å². The molecule has 1 spiro atoms. The summed E-state index contributed by atoms with van der Waals surface area (Å²) in [6.45, 7) is 5.96. The zero-order valence-electron chi connectivity index (χ0n) is 10.2. The molecule has 3 atom stereocenters. The van der Waals surface area contributed by atoms with Gasteiger partial charge in [-0.25, -0.2) is 0 Å². The van der Waals surface area contributed by atoms with E-state index in [9.17, 15) is 5.11 Å². The van der Waals surface area contributed by atoms with E-state index in [4.69, 9.17) is 9.47 Å². The highest BCUT2D eigenvalue weighted by atomic mass is 16.7. The molecule has 3 rings (SSSR count). The Labute approximate surface area is 97.1 Å². The van der Waals surface area contributed by atoms with E-state index in [1.807, 2.05) is 0 Å². The SMILES string of the molecule is CC1(C)COC2(C[C@H]3C[C@@H](O)C[C@H]3C2)OC1. The van der Waals surface area contributed by atoms with Crippen LogP contribution >= 0.6 is 0 Å². The molecule has 2 aliphatic carbocycles. The second-order valence-electron chi connectivity index (χ2n) is 6.71. The molecule has 0 aromatic rings. The highest BCUT2D eigenvalue weighted by Crippen LogP contribution is 2.52. The summed E-state index contributed by atoms with van der Waals surface area (Å²) >= 11 is 0. The maximum absolute atomic E-state index is 9.62. The summed E-state index contributed by atoms with van der Waals surface area (Å²) in [5.41, 5.74) is 0.155. The Morgan fingerprint density at radius 3 is 2.00 bits per heavy atom. The molecule has 0 unspecified atom stereocenters. The van der Waals surface area contributed by atoms with Crippen molar-refractivity contribution in [3.63, 3.8) is 0 Å². The van der Waals surface area contributed by atoms with Gasteiger partial charge in [-0.2, -0.15) is 0 Å². The summed E-state index contributed by atoms with van der Waals surface area (Å²) in [4.78, 5) is 0. The van der Waals surface area contributed by atoms with Crippen molar-refractivity contribution in [1.82, 2.24) is 0 Å². The Morgan fingerprint density at radius 2 is 1.50 bits per heavy atom. The van der Waals surface area contributed by atoms with Crippen LogP contribution < -0.4 is 0 Å². The molecular formula is C13H22O3. The highest BCUT2D eigenvalue weighted by molar-refractivity contribution is 4.98. The van der Waals surface area contributed by atoms with Crippen molar-refractivity contribution in [2.45, 2.75) is 51.4 Å². The molecule has 1 heterocycles. The number of fused-ring (bicyclic) bond motifs is 1. The summed E-state index contributed by atoms with van der Waals surface area (Å²) in [5, 5.41) is 9.62. The van der Waals surface area contributed by atoms with Gasteiger partial charge in [0.1, 0.15) is 0 Å². The van der Waals surface area contributed by atoms with Crippen molar-refractivity contribution < 1.29 is 14.6 Å². The van der Waals surface area contributed by atoms with Gasteiger partial charge in [-0.1, -0.05) is 13.8 Å². The topological polar surface area (TPSA) is 38.7 Å². The lowest BCUT2D eigenvalue weighted by molar-refractivity contribution is -0.297. The molecular weight excluding hydrogens is 204 g/mol. The third-order valence-electron chi connectivity index (χ3n) is 4.41. The van der Waals surface area contributed by atoms with Crippen LogP contribution in [0.15, 0.2) is 0 Å². The molecule has 1 saturated heterocycles. The minimum atomic E-state index is -0.301. The van der Waals surface area contributed by atoms with Gasteiger partial charge in [-0.15, -0.1) is 0 Å². The van der Waals surface area contributed by atoms with E-state index in [-0.39, 0.29) is 17.3 Å². The van der Waals surface area contributed by atoms with E-state index >= 15 is 0 Å². The minimum Gasteiger partial charge on any atom is -0.393 e. The number of hydrogen-bond donors (Lipinski definition) is 1. The van der Waals surface area contributed by atoms with E-state index in [1.54, 1.807) is 0 Å². The average Bonchev–Trinajstić information content (AvgIpc) is 2.66. The van der Waals surface area contributed by atoms with Gasteiger partial charge in [0, 0.05) is 18.3 Å². The zero-order valence-corrected chi connectivity index (χ0v) is 10.2. The Balaban J connectivity index is 1.66. The van der Waals surface area contributed by atoms with Crippen LogP contribution in [0.2, 0.25) is 0 Å². The fourth-order valence-corrected chi connectivity index (χ4v) is 3.54. The summed E-state index contributed by atoms with van der Waals surface area (Å²) in [6, 6.07) is 0. The normalized spacial score (nSPS) is 44.8. The molecule has 3 fully saturated rings. The van der Waals surface area contributed by atoms with E-state index in [0.717, 1.165) is 38.9 Å². The summed E-state index contributed by atoms with van der Waals surface area (Å²) in [7, 11) is 0. The first kappa shape index (κ1) is 11.0. The van der Waals surface area contributed by atoms with Crippen LogP contribution in [0.4, 0.5) is 0 Å². The van der Waals surface area contributed by atoms with Gasteiger partial charge in [0.15, 0.2) is 5.79 Å². The number of rotatable bonds is 0. The molecule has 92 valence electrons. The molecule has 3 nitrogen and oxygen atoms in total. The maximum atomic E-state index is 9.62. The standard InChI is InChI=1S/C13H22O3/c1-12(2)7-15-13(16-8-12)5-9-3-11(14)4-10(9)6-13/h9-11,14H,3-8H2,1-2H3/t9-,10+,11-. The predicted molar refractivity (Wildman–Crippen MR) is 59.9 cm³/mol. The van der Waals surface area contributed by atoms with Crippen molar-refractivity contribution >= 4 is 0 Å². The molecule has 3 heteroatoms. The van der Waals surface area contributed by atoms with Crippen LogP contribution in [0.5, 0.6) is 0 Å². The number of ether oxygens (including phenoxy) is 2. The molecule has 1 N–H and O–H groups in total. The molecule has 2 saturated carbocycles. The van der Waals surface area contributed by atoms with Gasteiger partial charge < -0.3 is 14.6 Å². The van der Waals surface area contributed by atoms with Crippen LogP contribution in [0, 0.1) is 17.3 Å². The molecule has 0 radical (unpaired) electrons. The van der Waals surface area contributed by atoms with Gasteiger partial charge in [0.2, 0.25) is 0 Å². The first-order valence-electron chi connectivity index (χ1n) is 6.44. The second kappa shape index (κ2) is 3.44. The van der Waals surface area contributed by atoms with Gasteiger partial charge in [-0.3, -0.25) is 0 Å². The molecule has 16 heavy (non-hydrogen) atoms. The first-order valence-corrected chi connectivity index (χ1v) is 6.44. The minimum absolute atomic E-state index is 0.0765. The molecule has 0 aromatic heterocycles. The molecule has 0 aromatic carbocycles. The van der Waals surface area contributed by atoms with Crippen molar-refractivity contribution in [1.29, 1.82) is 0 Å². The van der Waals surface area contributed by atoms with E-state index in [1.165, 1.54) is 0 Å². The van der Waals surface area contributed by atoms with Crippen LogP contribution in [0.25, 0.3) is 0 Å². The van der Waals surface area contributed by atoms with Crippen molar-refractivity contribution in [2.75, 3.05) is 13.2 Å². The van der Waals surface area contributed by atoms with Crippen molar-refractivity contribution in [3.05, 3.63) is 0 Å². The van der Waals surface area contributed by atoms with E-state index in [2.05, 4.69) is 13.8 Å². The quantitative estimate of drug-likeness (QED) is 0.686. The molecule has 3 aliphatic rings.